The minimum atomic E-state index is -4.29. The van der Waals surface area contributed by atoms with Crippen molar-refractivity contribution in [2.75, 3.05) is 49.1 Å². The van der Waals surface area contributed by atoms with Crippen LogP contribution in [0.15, 0.2) is 30.3 Å². The number of carbonyl (C=O) groups is 1. The molecule has 2 aromatic carbocycles. The predicted molar refractivity (Wildman–Crippen MR) is 114 cm³/mol. The fraction of sp³-hybridized carbons (Fsp3) is 0.522. The van der Waals surface area contributed by atoms with Gasteiger partial charge in [-0.2, -0.15) is 13.2 Å². The van der Waals surface area contributed by atoms with Gasteiger partial charge in [0.1, 0.15) is 0 Å². The van der Waals surface area contributed by atoms with Gasteiger partial charge in [0.05, 0.1) is 12.1 Å². The molecule has 2 aliphatic rings. The van der Waals surface area contributed by atoms with Gasteiger partial charge in [-0.3, -0.25) is 4.79 Å². The lowest BCUT2D eigenvalue weighted by Crippen LogP contribution is -2.31. The normalized spacial score (nSPS) is 17.8. The van der Waals surface area contributed by atoms with Crippen molar-refractivity contribution in [3.05, 3.63) is 35.9 Å². The lowest BCUT2D eigenvalue weighted by Gasteiger charge is -2.26. The summed E-state index contributed by atoms with van der Waals surface area (Å²) in [6.45, 7) is 6.91. The number of benzene rings is 2. The van der Waals surface area contributed by atoms with Crippen LogP contribution >= 0.6 is 0 Å². The molecule has 1 amide bonds. The van der Waals surface area contributed by atoms with Gasteiger partial charge in [0.15, 0.2) is 0 Å². The average Bonchev–Trinajstić information content (AvgIpc) is 2.85. The minimum absolute atomic E-state index is 0.335. The number of carbonyl (C=O) groups excluding carboxylic acids is 1. The zero-order valence-electron chi connectivity index (χ0n) is 17.3. The van der Waals surface area contributed by atoms with E-state index in [1.54, 1.807) is 6.07 Å². The number of rotatable bonds is 6. The molecule has 0 bridgehead atoms. The molecule has 7 heteroatoms. The first-order valence-corrected chi connectivity index (χ1v) is 10.8. The van der Waals surface area contributed by atoms with Crippen LogP contribution in [0, 0.1) is 0 Å². The van der Waals surface area contributed by atoms with Crippen molar-refractivity contribution in [1.82, 2.24) is 4.90 Å². The molecule has 0 unspecified atom stereocenters. The molecular formula is C23H28F3N3O. The first-order chi connectivity index (χ1) is 14.4. The van der Waals surface area contributed by atoms with E-state index in [0.717, 1.165) is 55.6 Å². The molecule has 0 N–H and O–H groups in total. The molecule has 2 aromatic rings. The van der Waals surface area contributed by atoms with E-state index >= 15 is 0 Å². The number of hydrogen-bond acceptors (Lipinski definition) is 3. The third-order valence-electron chi connectivity index (χ3n) is 6.14. The van der Waals surface area contributed by atoms with E-state index in [1.165, 1.54) is 17.7 Å². The Balaban J connectivity index is 1.62. The third kappa shape index (κ3) is 4.13. The van der Waals surface area contributed by atoms with Crippen LogP contribution in [0.5, 0.6) is 0 Å². The summed E-state index contributed by atoms with van der Waals surface area (Å²) in [6, 6.07) is 9.34. The number of anilines is 2. The molecule has 162 valence electrons. The Hall–Kier alpha value is -2.28. The molecule has 2 aliphatic heterocycles. The molecule has 0 atom stereocenters. The van der Waals surface area contributed by atoms with Gasteiger partial charge in [-0.05, 0) is 44.1 Å². The summed E-state index contributed by atoms with van der Waals surface area (Å²) in [5.74, 6) is -0.335. The van der Waals surface area contributed by atoms with Gasteiger partial charge in [0.25, 0.3) is 5.91 Å². The van der Waals surface area contributed by atoms with Crippen molar-refractivity contribution in [2.24, 2.45) is 0 Å². The van der Waals surface area contributed by atoms with Crippen LogP contribution in [0.25, 0.3) is 10.8 Å². The highest BCUT2D eigenvalue weighted by Gasteiger charge is 2.35. The van der Waals surface area contributed by atoms with Gasteiger partial charge >= 0.3 is 6.18 Å². The molecule has 0 saturated carbocycles. The summed E-state index contributed by atoms with van der Waals surface area (Å²) < 4.78 is 38.3. The second-order valence-corrected chi connectivity index (χ2v) is 8.19. The van der Waals surface area contributed by atoms with Crippen LogP contribution in [0.3, 0.4) is 0 Å². The Morgan fingerprint density at radius 1 is 0.967 bits per heavy atom. The van der Waals surface area contributed by atoms with Gasteiger partial charge in [-0.25, -0.2) is 0 Å². The number of amides is 1. The van der Waals surface area contributed by atoms with Crippen LogP contribution < -0.4 is 9.80 Å². The molecule has 4 nitrogen and oxygen atoms in total. The maximum atomic E-state index is 12.8. The fourth-order valence-corrected chi connectivity index (χ4v) is 4.58. The Labute approximate surface area is 175 Å². The smallest absolute Gasteiger partial charge is 0.370 e. The summed E-state index contributed by atoms with van der Waals surface area (Å²) in [4.78, 5) is 19.0. The highest BCUT2D eigenvalue weighted by molar-refractivity contribution is 6.26. The van der Waals surface area contributed by atoms with Crippen LogP contribution in [0.4, 0.5) is 24.5 Å². The lowest BCUT2D eigenvalue weighted by molar-refractivity contribution is -0.132. The second-order valence-electron chi connectivity index (χ2n) is 8.19. The second kappa shape index (κ2) is 8.46. The fourth-order valence-electron chi connectivity index (χ4n) is 4.58. The number of hydrogen-bond donors (Lipinski definition) is 0. The van der Waals surface area contributed by atoms with Crippen molar-refractivity contribution in [3.63, 3.8) is 0 Å². The molecule has 2 heterocycles. The standard InChI is InChI=1S/C23H28F3N3O/c1-2-3-11-27-12-5-13-28(16-15-27)19-8-9-20-21-17(19)6-4-7-18(21)22(30)29(20)14-10-23(24,25)26/h4,6-9H,2-3,5,10-16H2,1H3. The first-order valence-electron chi connectivity index (χ1n) is 10.8. The summed E-state index contributed by atoms with van der Waals surface area (Å²) in [5.41, 5.74) is 2.17. The quantitative estimate of drug-likeness (QED) is 0.655. The zero-order chi connectivity index (χ0) is 21.3. The Morgan fingerprint density at radius 3 is 2.53 bits per heavy atom. The molecule has 0 spiro atoms. The van der Waals surface area contributed by atoms with Gasteiger partial charge < -0.3 is 14.7 Å². The Kier molecular flexibility index (Phi) is 5.91. The van der Waals surface area contributed by atoms with Crippen molar-refractivity contribution in [3.8, 4) is 0 Å². The molecular weight excluding hydrogens is 391 g/mol. The number of halogens is 3. The van der Waals surface area contributed by atoms with E-state index in [9.17, 15) is 18.0 Å². The lowest BCUT2D eigenvalue weighted by atomic mass is 10.0. The molecule has 30 heavy (non-hydrogen) atoms. The van der Waals surface area contributed by atoms with Crippen LogP contribution in [-0.2, 0) is 0 Å². The molecule has 0 aromatic heterocycles. The maximum Gasteiger partial charge on any atom is 0.390 e. The van der Waals surface area contributed by atoms with Gasteiger partial charge in [-0.15, -0.1) is 0 Å². The van der Waals surface area contributed by atoms with Gasteiger partial charge in [0.2, 0.25) is 0 Å². The maximum absolute atomic E-state index is 12.8. The van der Waals surface area contributed by atoms with Crippen molar-refractivity contribution in [1.29, 1.82) is 0 Å². The van der Waals surface area contributed by atoms with Crippen molar-refractivity contribution >= 4 is 28.1 Å². The largest absolute Gasteiger partial charge is 0.390 e. The van der Waals surface area contributed by atoms with E-state index in [-0.39, 0.29) is 12.5 Å². The molecule has 1 saturated heterocycles. The monoisotopic (exact) mass is 419 g/mol. The summed E-state index contributed by atoms with van der Waals surface area (Å²) in [7, 11) is 0. The van der Waals surface area contributed by atoms with E-state index in [2.05, 4.69) is 16.7 Å². The Bertz CT molecular complexity index is 928. The van der Waals surface area contributed by atoms with Gasteiger partial charge in [-0.1, -0.05) is 25.5 Å². The SMILES string of the molecule is CCCCN1CCCN(c2ccc3c4c(cccc24)C(=O)N3CCC(F)(F)F)CC1. The van der Waals surface area contributed by atoms with Crippen molar-refractivity contribution < 1.29 is 18.0 Å². The minimum Gasteiger partial charge on any atom is -0.370 e. The van der Waals surface area contributed by atoms with Crippen LogP contribution in [0.2, 0.25) is 0 Å². The molecule has 4 rings (SSSR count). The Morgan fingerprint density at radius 2 is 1.77 bits per heavy atom. The van der Waals surface area contributed by atoms with E-state index in [0.29, 0.717) is 11.3 Å². The molecule has 1 fully saturated rings. The zero-order valence-corrected chi connectivity index (χ0v) is 17.3. The molecule has 0 radical (unpaired) electrons. The van der Waals surface area contributed by atoms with Crippen LogP contribution in [-0.4, -0.2) is 56.3 Å². The molecule has 0 aliphatic carbocycles. The third-order valence-corrected chi connectivity index (χ3v) is 6.14. The summed E-state index contributed by atoms with van der Waals surface area (Å²) >= 11 is 0. The number of nitrogens with zero attached hydrogens (tertiary/aromatic N) is 3. The summed E-state index contributed by atoms with van der Waals surface area (Å²) in [6.07, 6.45) is -1.83. The highest BCUT2D eigenvalue weighted by Crippen LogP contribution is 2.42. The number of alkyl halides is 3. The van der Waals surface area contributed by atoms with Crippen LogP contribution in [0.1, 0.15) is 43.0 Å². The first kappa shape index (κ1) is 21.0. The number of unbranched alkanes of at least 4 members (excludes halogenated alkanes) is 1. The topological polar surface area (TPSA) is 26.8 Å². The van der Waals surface area contributed by atoms with Gasteiger partial charge in [0, 0.05) is 48.2 Å². The highest BCUT2D eigenvalue weighted by atomic mass is 19.4. The average molecular weight is 419 g/mol. The van der Waals surface area contributed by atoms with E-state index < -0.39 is 12.6 Å². The predicted octanol–water partition coefficient (Wildman–Crippen LogP) is 5.06. The summed E-state index contributed by atoms with van der Waals surface area (Å²) in [5, 5.41) is 1.74. The van der Waals surface area contributed by atoms with E-state index in [1.807, 2.05) is 24.3 Å². The van der Waals surface area contributed by atoms with Crippen molar-refractivity contribution in [2.45, 2.75) is 38.8 Å². The van der Waals surface area contributed by atoms with E-state index in [4.69, 9.17) is 0 Å².